The minimum absolute atomic E-state index is 0.454. The Morgan fingerprint density at radius 2 is 1.71 bits per heavy atom. The molecule has 1 aromatic carbocycles. The minimum atomic E-state index is 0.454. The Morgan fingerprint density at radius 3 is 2.18 bits per heavy atom. The Balaban J connectivity index is 2.34. The number of rotatable bonds is 4. The molecule has 0 bridgehead atoms. The van der Waals surface area contributed by atoms with Gasteiger partial charge < -0.3 is 5.32 Å². The molecule has 0 amide bonds. The number of nitrogens with one attached hydrogen (secondary N) is 1. The molecule has 0 saturated heterocycles. The van der Waals surface area contributed by atoms with Gasteiger partial charge in [-0.3, -0.25) is 0 Å². The van der Waals surface area contributed by atoms with Crippen LogP contribution in [0.1, 0.15) is 45.1 Å². The van der Waals surface area contributed by atoms with Gasteiger partial charge in [0.15, 0.2) is 0 Å². The van der Waals surface area contributed by atoms with Crippen molar-refractivity contribution in [2.75, 3.05) is 7.05 Å². The molecular weight excluding hydrogens is 206 g/mol. The van der Waals surface area contributed by atoms with Gasteiger partial charge in [-0.05, 0) is 42.7 Å². The highest BCUT2D eigenvalue weighted by molar-refractivity contribution is 5.30. The number of hydrogen-bond donors (Lipinski definition) is 1. The molecule has 3 atom stereocenters. The molecule has 0 radical (unpaired) electrons. The standard InChI is InChI=1S/C16H25N/c1-5-16(6-2)14(12(3)15(16)17-4)13-10-8-7-9-11-13/h7-12,14-15,17H,5-6H2,1-4H3. The third-order valence-corrected chi connectivity index (χ3v) is 5.08. The van der Waals surface area contributed by atoms with Crippen LogP contribution in [0, 0.1) is 11.3 Å². The van der Waals surface area contributed by atoms with Gasteiger partial charge in [0.1, 0.15) is 0 Å². The molecule has 1 N–H and O–H groups in total. The van der Waals surface area contributed by atoms with Crippen LogP contribution in [0.15, 0.2) is 30.3 Å². The number of hydrogen-bond acceptors (Lipinski definition) is 1. The minimum Gasteiger partial charge on any atom is -0.316 e. The maximum Gasteiger partial charge on any atom is 0.0158 e. The maximum atomic E-state index is 3.54. The van der Waals surface area contributed by atoms with E-state index in [2.05, 4.69) is 63.5 Å². The molecule has 17 heavy (non-hydrogen) atoms. The van der Waals surface area contributed by atoms with Crippen LogP contribution >= 0.6 is 0 Å². The van der Waals surface area contributed by atoms with E-state index in [0.29, 0.717) is 11.5 Å². The van der Waals surface area contributed by atoms with Crippen LogP contribution < -0.4 is 5.32 Å². The summed E-state index contributed by atoms with van der Waals surface area (Å²) in [6.07, 6.45) is 2.53. The molecule has 1 fully saturated rings. The third-order valence-electron chi connectivity index (χ3n) is 5.08. The lowest BCUT2D eigenvalue weighted by atomic mass is 9.46. The largest absolute Gasteiger partial charge is 0.316 e. The van der Waals surface area contributed by atoms with E-state index in [1.54, 1.807) is 0 Å². The average molecular weight is 231 g/mol. The monoisotopic (exact) mass is 231 g/mol. The molecule has 1 nitrogen and oxygen atoms in total. The van der Waals surface area contributed by atoms with Crippen molar-refractivity contribution >= 4 is 0 Å². The molecule has 0 aromatic heterocycles. The van der Waals surface area contributed by atoms with Crippen molar-refractivity contribution in [1.82, 2.24) is 5.32 Å². The van der Waals surface area contributed by atoms with Crippen LogP contribution in [0.25, 0.3) is 0 Å². The third kappa shape index (κ3) is 1.72. The summed E-state index contributed by atoms with van der Waals surface area (Å²) in [7, 11) is 2.11. The molecule has 1 aliphatic carbocycles. The summed E-state index contributed by atoms with van der Waals surface area (Å²) < 4.78 is 0. The van der Waals surface area contributed by atoms with Crippen molar-refractivity contribution in [3.63, 3.8) is 0 Å². The van der Waals surface area contributed by atoms with Crippen molar-refractivity contribution in [3.8, 4) is 0 Å². The van der Waals surface area contributed by atoms with Gasteiger partial charge in [0.05, 0.1) is 0 Å². The van der Waals surface area contributed by atoms with Crippen LogP contribution in [0.2, 0.25) is 0 Å². The molecule has 1 aromatic rings. The van der Waals surface area contributed by atoms with E-state index >= 15 is 0 Å². The van der Waals surface area contributed by atoms with Gasteiger partial charge in [0.25, 0.3) is 0 Å². The van der Waals surface area contributed by atoms with Crippen molar-refractivity contribution in [1.29, 1.82) is 0 Å². The SMILES string of the molecule is CCC1(CC)C(NC)C(C)C1c1ccccc1. The van der Waals surface area contributed by atoms with Crippen LogP contribution in [0.3, 0.4) is 0 Å². The smallest absolute Gasteiger partial charge is 0.0158 e. The quantitative estimate of drug-likeness (QED) is 0.831. The van der Waals surface area contributed by atoms with E-state index in [0.717, 1.165) is 11.8 Å². The fraction of sp³-hybridized carbons (Fsp3) is 0.625. The lowest BCUT2D eigenvalue weighted by Gasteiger charge is -2.61. The summed E-state index contributed by atoms with van der Waals surface area (Å²) in [6, 6.07) is 11.7. The Hall–Kier alpha value is -0.820. The highest BCUT2D eigenvalue weighted by atomic mass is 15.0. The van der Waals surface area contributed by atoms with E-state index in [4.69, 9.17) is 0 Å². The molecule has 0 spiro atoms. The first-order valence-electron chi connectivity index (χ1n) is 6.93. The second-order valence-electron chi connectivity index (χ2n) is 5.45. The molecule has 1 heteroatoms. The molecule has 0 aliphatic heterocycles. The first-order chi connectivity index (χ1) is 8.21. The topological polar surface area (TPSA) is 12.0 Å². The Labute approximate surface area is 106 Å². The van der Waals surface area contributed by atoms with E-state index < -0.39 is 0 Å². The highest BCUT2D eigenvalue weighted by Crippen LogP contribution is 2.60. The molecule has 1 aliphatic rings. The van der Waals surface area contributed by atoms with Gasteiger partial charge in [0, 0.05) is 6.04 Å². The van der Waals surface area contributed by atoms with Gasteiger partial charge >= 0.3 is 0 Å². The van der Waals surface area contributed by atoms with Crippen LogP contribution in [0.5, 0.6) is 0 Å². The van der Waals surface area contributed by atoms with E-state index in [-0.39, 0.29) is 0 Å². The summed E-state index contributed by atoms with van der Waals surface area (Å²) in [6.45, 7) is 7.08. The Morgan fingerprint density at radius 1 is 1.12 bits per heavy atom. The van der Waals surface area contributed by atoms with Gasteiger partial charge in [-0.1, -0.05) is 51.1 Å². The van der Waals surface area contributed by atoms with Crippen molar-refractivity contribution in [2.24, 2.45) is 11.3 Å². The lowest BCUT2D eigenvalue weighted by molar-refractivity contribution is -0.0356. The number of benzene rings is 1. The van der Waals surface area contributed by atoms with Gasteiger partial charge in [-0.25, -0.2) is 0 Å². The molecule has 3 unspecified atom stereocenters. The summed E-state index contributed by atoms with van der Waals surface area (Å²) in [4.78, 5) is 0. The van der Waals surface area contributed by atoms with Gasteiger partial charge in [-0.15, -0.1) is 0 Å². The van der Waals surface area contributed by atoms with Gasteiger partial charge in [0.2, 0.25) is 0 Å². The normalized spacial score (nSPS) is 30.9. The summed E-state index contributed by atoms with van der Waals surface area (Å²) in [5, 5.41) is 3.54. The van der Waals surface area contributed by atoms with E-state index in [9.17, 15) is 0 Å². The first kappa shape index (κ1) is 12.6. The van der Waals surface area contributed by atoms with Gasteiger partial charge in [-0.2, -0.15) is 0 Å². The van der Waals surface area contributed by atoms with Crippen molar-refractivity contribution in [2.45, 2.75) is 45.6 Å². The zero-order valence-corrected chi connectivity index (χ0v) is 11.5. The average Bonchev–Trinajstić information content (AvgIpc) is 2.37. The first-order valence-corrected chi connectivity index (χ1v) is 6.93. The fourth-order valence-electron chi connectivity index (χ4n) is 4.29. The summed E-state index contributed by atoms with van der Waals surface area (Å²) >= 11 is 0. The lowest BCUT2D eigenvalue weighted by Crippen LogP contribution is -2.63. The Bertz CT molecular complexity index is 353. The van der Waals surface area contributed by atoms with Crippen molar-refractivity contribution < 1.29 is 0 Å². The molecule has 94 valence electrons. The highest BCUT2D eigenvalue weighted by Gasteiger charge is 2.57. The summed E-state index contributed by atoms with van der Waals surface area (Å²) in [5.41, 5.74) is 1.98. The zero-order chi connectivity index (χ0) is 12.5. The molecule has 0 heterocycles. The van der Waals surface area contributed by atoms with Crippen molar-refractivity contribution in [3.05, 3.63) is 35.9 Å². The van der Waals surface area contributed by atoms with Crippen LogP contribution in [0.4, 0.5) is 0 Å². The summed E-state index contributed by atoms with van der Waals surface area (Å²) in [5.74, 6) is 1.46. The van der Waals surface area contributed by atoms with Crippen LogP contribution in [-0.2, 0) is 0 Å². The predicted molar refractivity (Wildman–Crippen MR) is 74.2 cm³/mol. The fourth-order valence-corrected chi connectivity index (χ4v) is 4.29. The molecule has 2 rings (SSSR count). The second-order valence-corrected chi connectivity index (χ2v) is 5.45. The zero-order valence-electron chi connectivity index (χ0n) is 11.5. The second kappa shape index (κ2) is 4.81. The predicted octanol–water partition coefficient (Wildman–Crippen LogP) is 3.81. The maximum absolute atomic E-state index is 3.54. The Kier molecular flexibility index (Phi) is 3.58. The molecule has 1 saturated carbocycles. The molecular formula is C16H25N. The van der Waals surface area contributed by atoms with E-state index in [1.807, 2.05) is 0 Å². The van der Waals surface area contributed by atoms with E-state index in [1.165, 1.54) is 18.4 Å². The van der Waals surface area contributed by atoms with Crippen LogP contribution in [-0.4, -0.2) is 13.1 Å².